The van der Waals surface area contributed by atoms with Crippen molar-refractivity contribution < 1.29 is 19.4 Å². The molecule has 0 spiro atoms. The number of carboxylic acids is 1. The molecule has 118 valence electrons. The molecule has 2 N–H and O–H groups in total. The van der Waals surface area contributed by atoms with Crippen LogP contribution in [0.4, 0.5) is 0 Å². The van der Waals surface area contributed by atoms with Crippen LogP contribution in [-0.4, -0.2) is 36.7 Å². The maximum absolute atomic E-state index is 11.7. The summed E-state index contributed by atoms with van der Waals surface area (Å²) in [5.74, 6) is -1.14. The number of hydrogen-bond donors (Lipinski definition) is 2. The van der Waals surface area contributed by atoms with Crippen LogP contribution in [0.3, 0.4) is 0 Å². The summed E-state index contributed by atoms with van der Waals surface area (Å²) in [4.78, 5) is 22.7. The Bertz CT molecular complexity index is 269. The van der Waals surface area contributed by atoms with Gasteiger partial charge in [0.1, 0.15) is 6.04 Å². The molecule has 0 aliphatic rings. The second-order valence-electron chi connectivity index (χ2n) is 5.11. The number of aliphatic carboxylic acids is 1. The molecule has 20 heavy (non-hydrogen) atoms. The summed E-state index contributed by atoms with van der Waals surface area (Å²) < 4.78 is 4.88. The maximum Gasteiger partial charge on any atom is 0.326 e. The van der Waals surface area contributed by atoms with Crippen molar-refractivity contribution in [2.24, 2.45) is 0 Å². The Morgan fingerprint density at radius 2 is 1.75 bits per heavy atom. The molecule has 5 nitrogen and oxygen atoms in total. The van der Waals surface area contributed by atoms with Gasteiger partial charge in [-0.3, -0.25) is 4.79 Å². The van der Waals surface area contributed by atoms with Crippen molar-refractivity contribution in [2.45, 2.75) is 70.8 Å². The van der Waals surface area contributed by atoms with Crippen molar-refractivity contribution in [1.82, 2.24) is 5.32 Å². The Balaban J connectivity index is 3.75. The summed E-state index contributed by atoms with van der Waals surface area (Å²) in [6.45, 7) is 2.68. The van der Waals surface area contributed by atoms with E-state index in [4.69, 9.17) is 9.84 Å². The average molecular weight is 287 g/mol. The van der Waals surface area contributed by atoms with E-state index in [1.54, 1.807) is 7.11 Å². The molecule has 0 saturated heterocycles. The number of carboxylic acid groups (broad SMARTS) is 1. The molecule has 0 saturated carbocycles. The number of nitrogens with one attached hydrogen (secondary N) is 1. The minimum Gasteiger partial charge on any atom is -0.480 e. The quantitative estimate of drug-likeness (QED) is 0.511. The van der Waals surface area contributed by atoms with Crippen molar-refractivity contribution in [3.8, 4) is 0 Å². The van der Waals surface area contributed by atoms with Crippen molar-refractivity contribution in [1.29, 1.82) is 0 Å². The first-order valence-electron chi connectivity index (χ1n) is 7.63. The number of amides is 1. The van der Waals surface area contributed by atoms with Crippen LogP contribution >= 0.6 is 0 Å². The second kappa shape index (κ2) is 12.9. The highest BCUT2D eigenvalue weighted by molar-refractivity contribution is 5.83. The Hall–Kier alpha value is -1.10. The van der Waals surface area contributed by atoms with Gasteiger partial charge in [-0.2, -0.15) is 0 Å². The largest absolute Gasteiger partial charge is 0.480 e. The fourth-order valence-corrected chi connectivity index (χ4v) is 2.02. The van der Waals surface area contributed by atoms with Crippen molar-refractivity contribution >= 4 is 11.9 Å². The second-order valence-corrected chi connectivity index (χ2v) is 5.11. The van der Waals surface area contributed by atoms with Gasteiger partial charge in [-0.15, -0.1) is 0 Å². The minimum absolute atomic E-state index is 0.162. The minimum atomic E-state index is -0.975. The van der Waals surface area contributed by atoms with Gasteiger partial charge in [-0.25, -0.2) is 4.79 Å². The summed E-state index contributed by atoms with van der Waals surface area (Å²) in [6.07, 6.45) is 8.14. The van der Waals surface area contributed by atoms with E-state index in [9.17, 15) is 9.59 Å². The molecule has 5 heteroatoms. The third-order valence-corrected chi connectivity index (χ3v) is 3.23. The Morgan fingerprint density at radius 1 is 1.10 bits per heavy atom. The van der Waals surface area contributed by atoms with E-state index in [1.807, 2.05) is 0 Å². The zero-order chi connectivity index (χ0) is 15.2. The first kappa shape index (κ1) is 18.9. The third-order valence-electron chi connectivity index (χ3n) is 3.23. The van der Waals surface area contributed by atoms with Gasteiger partial charge in [0.2, 0.25) is 5.91 Å². The Labute approximate surface area is 122 Å². The van der Waals surface area contributed by atoms with Gasteiger partial charge >= 0.3 is 5.97 Å². The normalized spacial score (nSPS) is 12.1. The van der Waals surface area contributed by atoms with Crippen molar-refractivity contribution in [3.63, 3.8) is 0 Å². The smallest absolute Gasteiger partial charge is 0.326 e. The highest BCUT2D eigenvalue weighted by Gasteiger charge is 2.18. The van der Waals surface area contributed by atoms with E-state index in [0.717, 1.165) is 19.3 Å². The molecule has 0 rings (SSSR count). The van der Waals surface area contributed by atoms with E-state index in [0.29, 0.717) is 25.9 Å². The predicted octanol–water partition coefficient (Wildman–Crippen LogP) is 2.73. The molecule has 0 radical (unpaired) electrons. The molecule has 0 aromatic carbocycles. The lowest BCUT2D eigenvalue weighted by Gasteiger charge is -2.14. The molecule has 0 heterocycles. The van der Waals surface area contributed by atoms with Crippen LogP contribution < -0.4 is 5.32 Å². The number of ether oxygens (including phenoxy) is 1. The molecule has 0 aromatic heterocycles. The highest BCUT2D eigenvalue weighted by Crippen LogP contribution is 2.07. The molecule has 1 amide bonds. The lowest BCUT2D eigenvalue weighted by atomic mass is 10.1. The molecule has 1 unspecified atom stereocenters. The molecule has 0 aromatic rings. The summed E-state index contributed by atoms with van der Waals surface area (Å²) in [5.41, 5.74) is 0. The maximum atomic E-state index is 11.7. The van der Waals surface area contributed by atoms with Gasteiger partial charge < -0.3 is 15.2 Å². The molecule has 0 fully saturated rings. The number of hydrogen-bond acceptors (Lipinski definition) is 3. The summed E-state index contributed by atoms with van der Waals surface area (Å²) >= 11 is 0. The molecular weight excluding hydrogens is 258 g/mol. The van der Waals surface area contributed by atoms with Crippen LogP contribution in [0.25, 0.3) is 0 Å². The Kier molecular flexibility index (Phi) is 12.2. The average Bonchev–Trinajstić information content (AvgIpc) is 2.41. The van der Waals surface area contributed by atoms with Crippen LogP contribution in [0.5, 0.6) is 0 Å². The summed E-state index contributed by atoms with van der Waals surface area (Å²) in [6, 6.07) is -0.794. The molecule has 0 aliphatic carbocycles. The number of carbonyl (C=O) groups is 2. The van der Waals surface area contributed by atoms with E-state index in [-0.39, 0.29) is 5.91 Å². The molecule has 0 aliphatic heterocycles. The SMILES string of the molecule is CCCCCCCCC(=O)NC(CCCOC)C(=O)O. The van der Waals surface area contributed by atoms with Gasteiger partial charge in [0.15, 0.2) is 0 Å². The van der Waals surface area contributed by atoms with Gasteiger partial charge in [0.05, 0.1) is 0 Å². The highest BCUT2D eigenvalue weighted by atomic mass is 16.5. The summed E-state index contributed by atoms with van der Waals surface area (Å²) in [7, 11) is 1.58. The zero-order valence-corrected chi connectivity index (χ0v) is 12.8. The number of unbranched alkanes of at least 4 members (excludes halogenated alkanes) is 5. The molecule has 0 bridgehead atoms. The van der Waals surface area contributed by atoms with E-state index in [2.05, 4.69) is 12.2 Å². The fraction of sp³-hybridized carbons (Fsp3) is 0.867. The van der Waals surface area contributed by atoms with Crippen LogP contribution in [0.2, 0.25) is 0 Å². The number of carbonyl (C=O) groups excluding carboxylic acids is 1. The Morgan fingerprint density at radius 3 is 2.35 bits per heavy atom. The topological polar surface area (TPSA) is 75.6 Å². The zero-order valence-electron chi connectivity index (χ0n) is 12.8. The van der Waals surface area contributed by atoms with Crippen LogP contribution in [-0.2, 0) is 14.3 Å². The van der Waals surface area contributed by atoms with Crippen LogP contribution in [0.15, 0.2) is 0 Å². The van der Waals surface area contributed by atoms with Crippen molar-refractivity contribution in [2.75, 3.05) is 13.7 Å². The molecule has 1 atom stereocenters. The van der Waals surface area contributed by atoms with Gasteiger partial charge in [0.25, 0.3) is 0 Å². The fourth-order valence-electron chi connectivity index (χ4n) is 2.02. The molecular formula is C15H29NO4. The van der Waals surface area contributed by atoms with Gasteiger partial charge in [0, 0.05) is 20.1 Å². The first-order valence-corrected chi connectivity index (χ1v) is 7.63. The van der Waals surface area contributed by atoms with Gasteiger partial charge in [-0.05, 0) is 19.3 Å². The van der Waals surface area contributed by atoms with E-state index < -0.39 is 12.0 Å². The van der Waals surface area contributed by atoms with Crippen LogP contribution in [0, 0.1) is 0 Å². The number of methoxy groups -OCH3 is 1. The third kappa shape index (κ3) is 10.8. The first-order chi connectivity index (χ1) is 9.61. The standard InChI is InChI=1S/C15H29NO4/c1-3-4-5-6-7-8-11-14(17)16-13(15(18)19)10-9-12-20-2/h13H,3-12H2,1-2H3,(H,16,17)(H,18,19). The predicted molar refractivity (Wildman–Crippen MR) is 78.7 cm³/mol. The number of rotatable bonds is 13. The van der Waals surface area contributed by atoms with E-state index in [1.165, 1.54) is 19.3 Å². The van der Waals surface area contributed by atoms with Crippen LogP contribution in [0.1, 0.15) is 64.7 Å². The lowest BCUT2D eigenvalue weighted by Crippen LogP contribution is -2.40. The lowest BCUT2D eigenvalue weighted by molar-refractivity contribution is -0.142. The van der Waals surface area contributed by atoms with E-state index >= 15 is 0 Å². The van der Waals surface area contributed by atoms with Crippen molar-refractivity contribution in [3.05, 3.63) is 0 Å². The van der Waals surface area contributed by atoms with Gasteiger partial charge in [-0.1, -0.05) is 39.0 Å². The monoisotopic (exact) mass is 287 g/mol. The summed E-state index contributed by atoms with van der Waals surface area (Å²) in [5, 5.41) is 11.6.